The van der Waals surface area contributed by atoms with E-state index in [-0.39, 0.29) is 36.1 Å². The molecule has 2 saturated carbocycles. The molecule has 2 aromatic carbocycles. The first kappa shape index (κ1) is 40.6. The maximum absolute atomic E-state index is 14.5. The Balaban J connectivity index is 1.77. The standard InChI is InChI=1S/C42H48O14/c1-22-29(51-23(2)43)20-41(39(6,7)49)32(22)33(53-25(4)45)35(54-37(47)27-15-11-9-12-16-27)40(8)30(52-24(3)44)19-31-42(21-50-31,56-26(5)46)34(40)36(41)55-38(48)28-17-13-10-14-18-28/h9-18,29-31,33-36,49H,19-21H2,1-8H3/t29-,30-,31+,33+,34-,35-,36-,40+,41-,42-/m0/s1. The minimum absolute atomic E-state index is 0.0744. The average Bonchev–Trinajstić information content (AvgIpc) is 3.37. The van der Waals surface area contributed by atoms with Gasteiger partial charge in [0.25, 0.3) is 0 Å². The van der Waals surface area contributed by atoms with Crippen molar-refractivity contribution in [3.63, 3.8) is 0 Å². The Hall–Kier alpha value is -5.08. The van der Waals surface area contributed by atoms with Crippen LogP contribution >= 0.6 is 0 Å². The summed E-state index contributed by atoms with van der Waals surface area (Å²) in [6.07, 6.45) is -8.25. The highest BCUT2D eigenvalue weighted by Crippen LogP contribution is 2.69. The summed E-state index contributed by atoms with van der Waals surface area (Å²) < 4.78 is 43.8. The Bertz CT molecular complexity index is 1930. The average molecular weight is 777 g/mol. The van der Waals surface area contributed by atoms with Gasteiger partial charge in [-0.05, 0) is 56.2 Å². The second-order valence-electron chi connectivity index (χ2n) is 15.9. The number of carbonyl (C=O) groups is 6. The molecule has 300 valence electrons. The van der Waals surface area contributed by atoms with Crippen molar-refractivity contribution in [1.29, 1.82) is 0 Å². The second-order valence-corrected chi connectivity index (χ2v) is 15.9. The number of carbonyl (C=O) groups excluding carboxylic acids is 6. The van der Waals surface area contributed by atoms with E-state index in [1.165, 1.54) is 46.8 Å². The van der Waals surface area contributed by atoms with Crippen LogP contribution in [-0.4, -0.2) is 95.4 Å². The molecule has 1 aliphatic heterocycles. The van der Waals surface area contributed by atoms with Gasteiger partial charge in [0, 0.05) is 40.5 Å². The first-order chi connectivity index (χ1) is 26.3. The molecule has 10 atom stereocenters. The minimum Gasteiger partial charge on any atom is -0.462 e. The van der Waals surface area contributed by atoms with Gasteiger partial charge in [-0.15, -0.1) is 0 Å². The van der Waals surface area contributed by atoms with Gasteiger partial charge in [0.1, 0.15) is 24.4 Å². The summed E-state index contributed by atoms with van der Waals surface area (Å²) in [6, 6.07) is 16.1. The predicted molar refractivity (Wildman–Crippen MR) is 194 cm³/mol. The van der Waals surface area contributed by atoms with Crippen molar-refractivity contribution in [1.82, 2.24) is 0 Å². The third-order valence-electron chi connectivity index (χ3n) is 12.1. The third-order valence-corrected chi connectivity index (χ3v) is 12.1. The quantitative estimate of drug-likeness (QED) is 0.214. The minimum atomic E-state index is -1.93. The molecule has 0 unspecified atom stereocenters. The molecule has 0 amide bonds. The van der Waals surface area contributed by atoms with Gasteiger partial charge in [-0.2, -0.15) is 0 Å². The van der Waals surface area contributed by atoms with Crippen LogP contribution in [-0.2, 0) is 52.3 Å². The van der Waals surface area contributed by atoms with E-state index in [2.05, 4.69) is 0 Å². The zero-order valence-electron chi connectivity index (χ0n) is 32.7. The van der Waals surface area contributed by atoms with Gasteiger partial charge in [-0.25, -0.2) is 9.59 Å². The molecular weight excluding hydrogens is 728 g/mol. The normalized spacial score (nSPS) is 33.2. The van der Waals surface area contributed by atoms with E-state index in [1.807, 2.05) is 0 Å². The van der Waals surface area contributed by atoms with Crippen LogP contribution < -0.4 is 0 Å². The summed E-state index contributed by atoms with van der Waals surface area (Å²) in [6.45, 7) is 10.8. The summed E-state index contributed by atoms with van der Waals surface area (Å²) in [5, 5.41) is 12.7. The summed E-state index contributed by atoms with van der Waals surface area (Å²) >= 11 is 0. The number of hydrogen-bond donors (Lipinski definition) is 1. The summed E-state index contributed by atoms with van der Waals surface area (Å²) in [5.41, 5.74) is -6.40. The van der Waals surface area contributed by atoms with E-state index in [4.69, 9.17) is 33.2 Å². The van der Waals surface area contributed by atoms with Crippen molar-refractivity contribution in [3.05, 3.63) is 82.9 Å². The van der Waals surface area contributed by atoms with Crippen molar-refractivity contribution in [2.45, 2.75) is 116 Å². The molecule has 14 nitrogen and oxygen atoms in total. The highest BCUT2D eigenvalue weighted by molar-refractivity contribution is 5.90. The molecule has 2 aromatic rings. The van der Waals surface area contributed by atoms with Crippen LogP contribution in [0.3, 0.4) is 0 Å². The molecule has 0 spiro atoms. The predicted octanol–water partition coefficient (Wildman–Crippen LogP) is 4.45. The maximum atomic E-state index is 14.5. The Morgan fingerprint density at radius 2 is 1.25 bits per heavy atom. The van der Waals surface area contributed by atoms with Gasteiger partial charge in [0.05, 0.1) is 40.1 Å². The largest absolute Gasteiger partial charge is 0.462 e. The van der Waals surface area contributed by atoms with Crippen molar-refractivity contribution in [3.8, 4) is 0 Å². The van der Waals surface area contributed by atoms with E-state index in [0.29, 0.717) is 5.57 Å². The van der Waals surface area contributed by atoms with Crippen molar-refractivity contribution >= 4 is 35.8 Å². The zero-order valence-corrected chi connectivity index (χ0v) is 32.7. The van der Waals surface area contributed by atoms with Crippen molar-refractivity contribution in [2.24, 2.45) is 16.7 Å². The van der Waals surface area contributed by atoms with Crippen LogP contribution in [0.1, 0.15) is 88.9 Å². The second kappa shape index (κ2) is 14.8. The Morgan fingerprint density at radius 1 is 0.732 bits per heavy atom. The number of hydrogen-bond acceptors (Lipinski definition) is 14. The maximum Gasteiger partial charge on any atom is 0.338 e. The fraction of sp³-hybridized carbons (Fsp3) is 0.524. The number of fused-ring (bicyclic) bond motifs is 4. The Morgan fingerprint density at radius 3 is 1.70 bits per heavy atom. The molecule has 4 aliphatic rings. The Labute approximate surface area is 324 Å². The smallest absolute Gasteiger partial charge is 0.338 e. The molecule has 0 radical (unpaired) electrons. The number of aliphatic hydroxyl groups is 1. The molecular formula is C42H48O14. The van der Waals surface area contributed by atoms with Gasteiger partial charge in [-0.3, -0.25) is 19.2 Å². The lowest BCUT2D eigenvalue weighted by Gasteiger charge is -2.65. The van der Waals surface area contributed by atoms with Crippen LogP contribution in [0.5, 0.6) is 0 Å². The monoisotopic (exact) mass is 776 g/mol. The van der Waals surface area contributed by atoms with Gasteiger partial charge in [0.15, 0.2) is 17.8 Å². The zero-order chi connectivity index (χ0) is 41.0. The lowest BCUT2D eigenvalue weighted by molar-refractivity contribution is -0.351. The van der Waals surface area contributed by atoms with Gasteiger partial charge < -0.3 is 38.3 Å². The molecule has 0 bridgehead atoms. The molecule has 1 heterocycles. The highest BCUT2D eigenvalue weighted by atomic mass is 16.6. The molecule has 6 rings (SSSR count). The lowest BCUT2D eigenvalue weighted by Crippen LogP contribution is -2.79. The van der Waals surface area contributed by atoms with E-state index >= 15 is 0 Å². The summed E-state index contributed by atoms with van der Waals surface area (Å²) in [5.74, 6) is -5.90. The Kier molecular flexibility index (Phi) is 10.7. The molecule has 3 aliphatic carbocycles. The van der Waals surface area contributed by atoms with Gasteiger partial charge in [-0.1, -0.05) is 43.3 Å². The molecule has 1 N–H and O–H groups in total. The third kappa shape index (κ3) is 6.66. The van der Waals surface area contributed by atoms with Gasteiger partial charge >= 0.3 is 35.8 Å². The van der Waals surface area contributed by atoms with Crippen LogP contribution in [0.25, 0.3) is 0 Å². The molecule has 3 fully saturated rings. The molecule has 1 saturated heterocycles. The van der Waals surface area contributed by atoms with Crippen LogP contribution in [0.2, 0.25) is 0 Å². The van der Waals surface area contributed by atoms with Crippen LogP contribution in [0.15, 0.2) is 71.8 Å². The fourth-order valence-corrected chi connectivity index (χ4v) is 9.86. The highest BCUT2D eigenvalue weighted by Gasteiger charge is 2.81. The van der Waals surface area contributed by atoms with Crippen molar-refractivity contribution in [2.75, 3.05) is 6.61 Å². The van der Waals surface area contributed by atoms with Crippen LogP contribution in [0, 0.1) is 16.7 Å². The first-order valence-corrected chi connectivity index (χ1v) is 18.6. The fourth-order valence-electron chi connectivity index (χ4n) is 9.86. The SMILES string of the molecule is CC(=O)O[C@H]1C[C@]2(C(C)(C)O)C(=C1C)[C@@H](OC(C)=O)[C@H](OC(=O)c1ccccc1)[C@]1(C)[C@@H](OC(C)=O)C[C@H]3OC[C@@]3(OC(C)=O)[C@H]1[C@@H]2OC(=O)c1ccccc1. The number of benzene rings is 2. The van der Waals surface area contributed by atoms with Crippen LogP contribution in [0.4, 0.5) is 0 Å². The number of ether oxygens (including phenoxy) is 7. The van der Waals surface area contributed by atoms with E-state index < -0.39 is 100 Å². The topological polar surface area (TPSA) is 187 Å². The number of esters is 6. The van der Waals surface area contributed by atoms with Gasteiger partial charge in [0.2, 0.25) is 0 Å². The lowest BCUT2D eigenvalue weighted by atomic mass is 9.49. The van der Waals surface area contributed by atoms with E-state index in [1.54, 1.807) is 62.4 Å². The molecule has 56 heavy (non-hydrogen) atoms. The number of rotatable bonds is 9. The molecule has 0 aromatic heterocycles. The van der Waals surface area contributed by atoms with E-state index in [0.717, 1.165) is 6.92 Å². The summed E-state index contributed by atoms with van der Waals surface area (Å²) in [4.78, 5) is 81.1. The first-order valence-electron chi connectivity index (χ1n) is 18.6. The summed E-state index contributed by atoms with van der Waals surface area (Å²) in [7, 11) is 0. The molecule has 14 heteroatoms. The van der Waals surface area contributed by atoms with E-state index in [9.17, 15) is 33.9 Å². The van der Waals surface area contributed by atoms with Crippen molar-refractivity contribution < 1.29 is 67.0 Å².